The van der Waals surface area contributed by atoms with Gasteiger partial charge in [0.1, 0.15) is 11.8 Å². The molecular formula is C23H27N3O2S. The number of carbonyl (C=O) groups excluding carboxylic acids is 1. The van der Waals surface area contributed by atoms with Crippen molar-refractivity contribution >= 4 is 28.1 Å². The number of methoxy groups -OCH3 is 1. The molecule has 0 bridgehead atoms. The fourth-order valence-electron chi connectivity index (χ4n) is 3.06. The van der Waals surface area contributed by atoms with E-state index in [2.05, 4.69) is 36.5 Å². The minimum atomic E-state index is -0.453. The van der Waals surface area contributed by atoms with Gasteiger partial charge in [0.05, 0.1) is 18.5 Å². The summed E-state index contributed by atoms with van der Waals surface area (Å²) in [5.74, 6) is 0.641. The van der Waals surface area contributed by atoms with Crippen LogP contribution in [0.2, 0.25) is 0 Å². The SMILES string of the molecule is COc1ccccc1N(c1nc(-c2ccc(C)cc2)cs1)[C@@H](C)C(=O)NC(C)C. The summed E-state index contributed by atoms with van der Waals surface area (Å²) in [4.78, 5) is 19.6. The highest BCUT2D eigenvalue weighted by molar-refractivity contribution is 7.14. The van der Waals surface area contributed by atoms with Crippen molar-refractivity contribution in [1.82, 2.24) is 10.3 Å². The molecule has 1 heterocycles. The van der Waals surface area contributed by atoms with Gasteiger partial charge in [0.25, 0.3) is 0 Å². The van der Waals surface area contributed by atoms with Crippen molar-refractivity contribution < 1.29 is 9.53 Å². The molecule has 1 N–H and O–H groups in total. The van der Waals surface area contributed by atoms with Crippen LogP contribution in [0.4, 0.5) is 10.8 Å². The van der Waals surface area contributed by atoms with Gasteiger partial charge in [-0.2, -0.15) is 0 Å². The lowest BCUT2D eigenvalue weighted by Crippen LogP contribution is -2.45. The average Bonchev–Trinajstić information content (AvgIpc) is 3.18. The first-order valence-corrected chi connectivity index (χ1v) is 10.5. The van der Waals surface area contributed by atoms with Gasteiger partial charge in [-0.3, -0.25) is 4.79 Å². The zero-order valence-electron chi connectivity index (χ0n) is 17.5. The number of aromatic nitrogens is 1. The van der Waals surface area contributed by atoms with Crippen molar-refractivity contribution in [2.45, 2.75) is 39.8 Å². The maximum absolute atomic E-state index is 12.8. The summed E-state index contributed by atoms with van der Waals surface area (Å²) >= 11 is 1.51. The molecule has 5 nitrogen and oxygen atoms in total. The van der Waals surface area contributed by atoms with Crippen LogP contribution in [-0.2, 0) is 4.79 Å². The van der Waals surface area contributed by atoms with E-state index >= 15 is 0 Å². The number of nitrogens with zero attached hydrogens (tertiary/aromatic N) is 2. The van der Waals surface area contributed by atoms with Crippen LogP contribution < -0.4 is 15.0 Å². The number of para-hydroxylation sites is 2. The zero-order chi connectivity index (χ0) is 21.0. The lowest BCUT2D eigenvalue weighted by molar-refractivity contribution is -0.122. The number of rotatable bonds is 7. The van der Waals surface area contributed by atoms with Crippen molar-refractivity contribution in [3.05, 3.63) is 59.5 Å². The van der Waals surface area contributed by atoms with Crippen LogP contribution in [0.15, 0.2) is 53.9 Å². The van der Waals surface area contributed by atoms with Crippen LogP contribution in [-0.4, -0.2) is 30.1 Å². The van der Waals surface area contributed by atoms with Gasteiger partial charge in [-0.15, -0.1) is 11.3 Å². The molecule has 3 rings (SSSR count). The number of carbonyl (C=O) groups is 1. The Kier molecular flexibility index (Phi) is 6.54. The van der Waals surface area contributed by atoms with Gasteiger partial charge in [0.15, 0.2) is 5.13 Å². The number of aryl methyl sites for hydroxylation is 1. The molecule has 0 saturated heterocycles. The fourth-order valence-corrected chi connectivity index (χ4v) is 3.99. The Balaban J connectivity index is 2.03. The van der Waals surface area contributed by atoms with Gasteiger partial charge in [-0.05, 0) is 39.8 Å². The number of benzene rings is 2. The number of hydrogen-bond donors (Lipinski definition) is 1. The highest BCUT2D eigenvalue weighted by atomic mass is 32.1. The van der Waals surface area contributed by atoms with Crippen LogP contribution in [0.5, 0.6) is 5.75 Å². The first kappa shape index (κ1) is 20.9. The summed E-state index contributed by atoms with van der Waals surface area (Å²) in [6, 6.07) is 15.6. The third-order valence-electron chi connectivity index (χ3n) is 4.59. The van der Waals surface area contributed by atoms with E-state index in [0.717, 1.165) is 22.1 Å². The van der Waals surface area contributed by atoms with Gasteiger partial charge in [0, 0.05) is 17.0 Å². The molecule has 0 radical (unpaired) electrons. The minimum absolute atomic E-state index is 0.0574. The summed E-state index contributed by atoms with van der Waals surface area (Å²) in [6.07, 6.45) is 0. The van der Waals surface area contributed by atoms with Gasteiger partial charge < -0.3 is 15.0 Å². The topological polar surface area (TPSA) is 54.5 Å². The lowest BCUT2D eigenvalue weighted by atomic mass is 10.1. The van der Waals surface area contributed by atoms with E-state index in [1.165, 1.54) is 16.9 Å². The number of thiazole rings is 1. The first-order valence-electron chi connectivity index (χ1n) is 9.66. The van der Waals surface area contributed by atoms with Crippen molar-refractivity contribution in [3.63, 3.8) is 0 Å². The number of anilines is 2. The van der Waals surface area contributed by atoms with E-state index in [1.54, 1.807) is 7.11 Å². The average molecular weight is 410 g/mol. The van der Waals surface area contributed by atoms with Crippen LogP contribution in [0.25, 0.3) is 11.3 Å². The Bertz CT molecular complexity index is 966. The molecule has 0 spiro atoms. The first-order chi connectivity index (χ1) is 13.9. The third-order valence-corrected chi connectivity index (χ3v) is 5.43. The summed E-state index contributed by atoms with van der Waals surface area (Å²) in [7, 11) is 1.63. The van der Waals surface area contributed by atoms with E-state index in [1.807, 2.05) is 55.3 Å². The molecule has 29 heavy (non-hydrogen) atoms. The highest BCUT2D eigenvalue weighted by Gasteiger charge is 2.28. The summed E-state index contributed by atoms with van der Waals surface area (Å²) in [6.45, 7) is 7.86. The molecule has 1 aromatic heterocycles. The smallest absolute Gasteiger partial charge is 0.243 e. The molecular weight excluding hydrogens is 382 g/mol. The lowest BCUT2D eigenvalue weighted by Gasteiger charge is -2.29. The molecule has 0 unspecified atom stereocenters. The molecule has 1 atom stereocenters. The van der Waals surface area contributed by atoms with Crippen LogP contribution in [0, 0.1) is 6.92 Å². The Morgan fingerprint density at radius 1 is 1.10 bits per heavy atom. The van der Waals surface area contributed by atoms with Gasteiger partial charge in [0.2, 0.25) is 5.91 Å². The van der Waals surface area contributed by atoms with Crippen molar-refractivity contribution in [3.8, 4) is 17.0 Å². The molecule has 6 heteroatoms. The van der Waals surface area contributed by atoms with Crippen molar-refractivity contribution in [1.29, 1.82) is 0 Å². The highest BCUT2D eigenvalue weighted by Crippen LogP contribution is 2.38. The standard InChI is InChI=1S/C23H27N3O2S/c1-15(2)24-22(27)17(4)26(20-8-6-7-9-21(20)28-5)23-25-19(14-29-23)18-12-10-16(3)11-13-18/h6-15,17H,1-5H3,(H,24,27)/t17-/m0/s1. The Morgan fingerprint density at radius 2 is 1.79 bits per heavy atom. The third kappa shape index (κ3) is 4.77. The number of amides is 1. The molecule has 1 amide bonds. The second-order valence-corrected chi connectivity index (χ2v) is 8.10. The predicted molar refractivity (Wildman–Crippen MR) is 120 cm³/mol. The second kappa shape index (κ2) is 9.09. The van der Waals surface area contributed by atoms with E-state index in [9.17, 15) is 4.79 Å². The van der Waals surface area contributed by atoms with Crippen LogP contribution in [0.1, 0.15) is 26.3 Å². The predicted octanol–water partition coefficient (Wildman–Crippen LogP) is 5.18. The number of nitrogens with one attached hydrogen (secondary N) is 1. The number of ether oxygens (including phenoxy) is 1. The molecule has 152 valence electrons. The molecule has 0 saturated carbocycles. The maximum Gasteiger partial charge on any atom is 0.243 e. The molecule has 0 aliphatic heterocycles. The van der Waals surface area contributed by atoms with Gasteiger partial charge >= 0.3 is 0 Å². The van der Waals surface area contributed by atoms with Gasteiger partial charge in [-0.1, -0.05) is 42.0 Å². The molecule has 0 fully saturated rings. The summed E-state index contributed by atoms with van der Waals surface area (Å²) in [5, 5.41) is 5.77. The normalized spacial score (nSPS) is 11.9. The van der Waals surface area contributed by atoms with Crippen molar-refractivity contribution in [2.24, 2.45) is 0 Å². The van der Waals surface area contributed by atoms with E-state index < -0.39 is 6.04 Å². The quantitative estimate of drug-likeness (QED) is 0.584. The Labute approximate surface area is 176 Å². The maximum atomic E-state index is 12.8. The van der Waals surface area contributed by atoms with Crippen LogP contribution >= 0.6 is 11.3 Å². The molecule has 2 aromatic carbocycles. The molecule has 3 aromatic rings. The van der Waals surface area contributed by atoms with E-state index in [-0.39, 0.29) is 11.9 Å². The van der Waals surface area contributed by atoms with E-state index in [4.69, 9.17) is 9.72 Å². The molecule has 0 aliphatic rings. The minimum Gasteiger partial charge on any atom is -0.495 e. The Morgan fingerprint density at radius 3 is 2.45 bits per heavy atom. The van der Waals surface area contributed by atoms with Crippen LogP contribution in [0.3, 0.4) is 0 Å². The van der Waals surface area contributed by atoms with Gasteiger partial charge in [-0.25, -0.2) is 4.98 Å². The second-order valence-electron chi connectivity index (χ2n) is 7.26. The summed E-state index contributed by atoms with van der Waals surface area (Å²) < 4.78 is 5.57. The van der Waals surface area contributed by atoms with E-state index in [0.29, 0.717) is 5.75 Å². The monoisotopic (exact) mass is 409 g/mol. The Hall–Kier alpha value is -2.86. The fraction of sp³-hybridized carbons (Fsp3) is 0.304. The summed E-state index contributed by atoms with van der Waals surface area (Å²) in [5.41, 5.74) is 3.96. The zero-order valence-corrected chi connectivity index (χ0v) is 18.3. The van der Waals surface area contributed by atoms with Crippen molar-refractivity contribution in [2.75, 3.05) is 12.0 Å². The largest absolute Gasteiger partial charge is 0.495 e. The molecule has 0 aliphatic carbocycles. The number of hydrogen-bond acceptors (Lipinski definition) is 5.